The molecule has 1 heterocycles. The Morgan fingerprint density at radius 1 is 0.852 bits per heavy atom. The number of fused-ring (bicyclic) bond motifs is 1. The number of allylic oxidation sites excluding steroid dienone is 2. The molecule has 1 aliphatic heterocycles. The molecule has 1 aromatic rings. The van der Waals surface area contributed by atoms with Gasteiger partial charge in [0.2, 0.25) is 0 Å². The summed E-state index contributed by atoms with van der Waals surface area (Å²) >= 11 is 0. The van der Waals surface area contributed by atoms with Gasteiger partial charge in [-0.3, -0.25) is 0 Å². The van der Waals surface area contributed by atoms with Crippen LogP contribution in [0.4, 0.5) is 0 Å². The molecule has 0 aromatic heterocycles. The van der Waals surface area contributed by atoms with Gasteiger partial charge in [-0.1, -0.05) is 90.3 Å². The first-order chi connectivity index (χ1) is 13.1. The Balaban J connectivity index is 2.14. The molecule has 0 fully saturated rings. The van der Waals surface area contributed by atoms with Gasteiger partial charge in [0.25, 0.3) is 0 Å². The Bertz CT molecular complexity index is 609. The van der Waals surface area contributed by atoms with Crippen molar-refractivity contribution >= 4 is 0 Å². The summed E-state index contributed by atoms with van der Waals surface area (Å²) in [5, 5.41) is 0. The van der Waals surface area contributed by atoms with Gasteiger partial charge >= 0.3 is 0 Å². The number of hydrogen-bond acceptors (Lipinski definition) is 1. The predicted octanol–water partition coefficient (Wildman–Crippen LogP) is 8.64. The standard InChI is InChI=1S/C26H42O/c1-6-8-10-12-13-15-22-19-23-17-21(5)18-24(20(3)4)26(23)27-25(22)16-14-11-9-7-2/h17-18,20H,6-16,19H2,1-5H3. The van der Waals surface area contributed by atoms with Crippen molar-refractivity contribution in [1.29, 1.82) is 0 Å². The van der Waals surface area contributed by atoms with Crippen LogP contribution in [0.3, 0.4) is 0 Å². The molecule has 27 heavy (non-hydrogen) atoms. The zero-order valence-electron chi connectivity index (χ0n) is 18.6. The second-order valence-electron chi connectivity index (χ2n) is 8.78. The highest BCUT2D eigenvalue weighted by molar-refractivity contribution is 5.50. The van der Waals surface area contributed by atoms with Crippen molar-refractivity contribution in [3.05, 3.63) is 40.2 Å². The van der Waals surface area contributed by atoms with E-state index in [1.54, 1.807) is 5.57 Å². The van der Waals surface area contributed by atoms with E-state index in [9.17, 15) is 0 Å². The molecule has 0 spiro atoms. The first-order valence-corrected chi connectivity index (χ1v) is 11.6. The van der Waals surface area contributed by atoms with Crippen LogP contribution in [0.2, 0.25) is 0 Å². The van der Waals surface area contributed by atoms with E-state index in [1.165, 1.54) is 92.4 Å². The van der Waals surface area contributed by atoms with Crippen LogP contribution in [0.5, 0.6) is 5.75 Å². The maximum absolute atomic E-state index is 6.63. The molecule has 0 atom stereocenters. The SMILES string of the molecule is CCCCCCCC1=C(CCCCCC)Oc2c(cc(C)cc2C(C)C)C1. The molecule has 0 radical (unpaired) electrons. The molecule has 0 saturated carbocycles. The van der Waals surface area contributed by atoms with Crippen molar-refractivity contribution in [2.75, 3.05) is 0 Å². The summed E-state index contributed by atoms with van der Waals surface area (Å²) in [5.41, 5.74) is 5.75. The van der Waals surface area contributed by atoms with E-state index < -0.39 is 0 Å². The third kappa shape index (κ3) is 6.70. The zero-order valence-corrected chi connectivity index (χ0v) is 18.6. The maximum Gasteiger partial charge on any atom is 0.133 e. The molecule has 0 amide bonds. The zero-order chi connectivity index (χ0) is 19.6. The lowest BCUT2D eigenvalue weighted by atomic mass is 9.89. The van der Waals surface area contributed by atoms with Gasteiger partial charge in [-0.05, 0) is 48.8 Å². The van der Waals surface area contributed by atoms with Gasteiger partial charge in [0.15, 0.2) is 0 Å². The van der Waals surface area contributed by atoms with Crippen LogP contribution >= 0.6 is 0 Å². The van der Waals surface area contributed by atoms with Gasteiger partial charge in [0.1, 0.15) is 11.5 Å². The summed E-state index contributed by atoms with van der Waals surface area (Å²) < 4.78 is 6.63. The molecule has 1 heteroatoms. The molecule has 0 N–H and O–H groups in total. The fourth-order valence-electron chi connectivity index (χ4n) is 4.20. The predicted molar refractivity (Wildman–Crippen MR) is 119 cm³/mol. The van der Waals surface area contributed by atoms with Crippen LogP contribution in [-0.4, -0.2) is 0 Å². The Labute approximate surface area is 168 Å². The van der Waals surface area contributed by atoms with Crippen molar-refractivity contribution in [1.82, 2.24) is 0 Å². The minimum absolute atomic E-state index is 0.510. The molecular weight excluding hydrogens is 328 g/mol. The van der Waals surface area contributed by atoms with Crippen molar-refractivity contribution in [2.24, 2.45) is 0 Å². The molecule has 2 rings (SSSR count). The van der Waals surface area contributed by atoms with E-state index in [1.807, 2.05) is 0 Å². The highest BCUT2D eigenvalue weighted by Gasteiger charge is 2.23. The van der Waals surface area contributed by atoms with E-state index in [2.05, 4.69) is 46.8 Å². The van der Waals surface area contributed by atoms with E-state index in [0.717, 1.165) is 12.8 Å². The molecule has 1 nitrogen and oxygen atoms in total. The fraction of sp³-hybridized carbons (Fsp3) is 0.692. The highest BCUT2D eigenvalue weighted by Crippen LogP contribution is 2.40. The lowest BCUT2D eigenvalue weighted by Gasteiger charge is -2.27. The number of ether oxygens (including phenoxy) is 1. The smallest absolute Gasteiger partial charge is 0.133 e. The van der Waals surface area contributed by atoms with Gasteiger partial charge in [-0.25, -0.2) is 0 Å². The van der Waals surface area contributed by atoms with Crippen LogP contribution in [0.1, 0.15) is 121 Å². The Morgan fingerprint density at radius 2 is 1.48 bits per heavy atom. The lowest BCUT2D eigenvalue weighted by Crippen LogP contribution is -2.13. The largest absolute Gasteiger partial charge is 0.461 e. The summed E-state index contributed by atoms with van der Waals surface area (Å²) in [4.78, 5) is 0. The summed E-state index contributed by atoms with van der Waals surface area (Å²) in [7, 11) is 0. The van der Waals surface area contributed by atoms with E-state index in [0.29, 0.717) is 5.92 Å². The molecule has 152 valence electrons. The van der Waals surface area contributed by atoms with E-state index in [-0.39, 0.29) is 0 Å². The fourth-order valence-corrected chi connectivity index (χ4v) is 4.20. The van der Waals surface area contributed by atoms with Crippen LogP contribution in [0.25, 0.3) is 0 Å². The second kappa shape index (κ2) is 11.6. The Morgan fingerprint density at radius 3 is 2.15 bits per heavy atom. The molecule has 0 aliphatic carbocycles. The third-order valence-electron chi connectivity index (χ3n) is 5.82. The second-order valence-corrected chi connectivity index (χ2v) is 8.78. The molecular formula is C26H42O. The molecule has 0 saturated heterocycles. The van der Waals surface area contributed by atoms with Crippen molar-refractivity contribution in [3.63, 3.8) is 0 Å². The molecule has 0 unspecified atom stereocenters. The summed E-state index contributed by atoms with van der Waals surface area (Å²) in [6.45, 7) is 11.4. The summed E-state index contributed by atoms with van der Waals surface area (Å²) in [6.07, 6.45) is 15.4. The topological polar surface area (TPSA) is 9.23 Å². The third-order valence-corrected chi connectivity index (χ3v) is 5.82. The van der Waals surface area contributed by atoms with Crippen molar-refractivity contribution in [3.8, 4) is 5.75 Å². The van der Waals surface area contributed by atoms with Gasteiger partial charge < -0.3 is 4.74 Å². The van der Waals surface area contributed by atoms with Crippen LogP contribution in [0, 0.1) is 6.92 Å². The highest BCUT2D eigenvalue weighted by atomic mass is 16.5. The first-order valence-electron chi connectivity index (χ1n) is 11.6. The summed E-state index contributed by atoms with van der Waals surface area (Å²) in [5.74, 6) is 2.99. The van der Waals surface area contributed by atoms with E-state index in [4.69, 9.17) is 4.74 Å². The molecule has 1 aliphatic rings. The number of benzene rings is 1. The minimum Gasteiger partial charge on any atom is -0.461 e. The van der Waals surface area contributed by atoms with Crippen molar-refractivity contribution < 1.29 is 4.74 Å². The monoisotopic (exact) mass is 370 g/mol. The van der Waals surface area contributed by atoms with Crippen molar-refractivity contribution in [2.45, 2.75) is 118 Å². The summed E-state index contributed by atoms with van der Waals surface area (Å²) in [6, 6.07) is 4.68. The van der Waals surface area contributed by atoms with Gasteiger partial charge in [0.05, 0.1) is 0 Å². The van der Waals surface area contributed by atoms with Crippen LogP contribution in [-0.2, 0) is 6.42 Å². The van der Waals surface area contributed by atoms with Crippen LogP contribution < -0.4 is 4.74 Å². The number of rotatable bonds is 12. The van der Waals surface area contributed by atoms with Gasteiger partial charge in [-0.15, -0.1) is 0 Å². The minimum atomic E-state index is 0.510. The maximum atomic E-state index is 6.63. The Kier molecular flexibility index (Phi) is 9.45. The van der Waals surface area contributed by atoms with Gasteiger partial charge in [0, 0.05) is 12.8 Å². The van der Waals surface area contributed by atoms with Gasteiger partial charge in [-0.2, -0.15) is 0 Å². The quantitative estimate of drug-likeness (QED) is 0.334. The lowest BCUT2D eigenvalue weighted by molar-refractivity contribution is 0.363. The number of aryl methyl sites for hydroxylation is 1. The molecule has 0 bridgehead atoms. The first kappa shape index (κ1) is 22.1. The van der Waals surface area contributed by atoms with Crippen LogP contribution in [0.15, 0.2) is 23.5 Å². The number of unbranched alkanes of at least 4 members (excludes halogenated alkanes) is 7. The average Bonchev–Trinajstić information content (AvgIpc) is 2.64. The number of hydrogen-bond donors (Lipinski definition) is 0. The average molecular weight is 371 g/mol. The Hall–Kier alpha value is -1.24. The molecule has 1 aromatic carbocycles. The van der Waals surface area contributed by atoms with E-state index >= 15 is 0 Å². The normalized spacial score (nSPS) is 13.9.